The van der Waals surface area contributed by atoms with E-state index < -0.39 is 17.8 Å². The third-order valence-electron chi connectivity index (χ3n) is 4.14. The van der Waals surface area contributed by atoms with Gasteiger partial charge in [-0.1, -0.05) is 33.6 Å². The van der Waals surface area contributed by atoms with E-state index in [4.69, 9.17) is 4.74 Å². The Morgan fingerprint density at radius 2 is 1.81 bits per heavy atom. The van der Waals surface area contributed by atoms with E-state index in [0.29, 0.717) is 17.0 Å². The van der Waals surface area contributed by atoms with E-state index in [1.54, 1.807) is 24.3 Å². The Kier molecular flexibility index (Phi) is 5.14. The molecule has 1 aliphatic heterocycles. The molecule has 1 saturated heterocycles. The van der Waals surface area contributed by atoms with Gasteiger partial charge in [-0.05, 0) is 55.3 Å². The van der Waals surface area contributed by atoms with Gasteiger partial charge in [0.15, 0.2) is 0 Å². The molecule has 7 heteroatoms. The van der Waals surface area contributed by atoms with Crippen LogP contribution in [-0.4, -0.2) is 25.0 Å². The van der Waals surface area contributed by atoms with Crippen LogP contribution in [0.2, 0.25) is 0 Å². The summed E-state index contributed by atoms with van der Waals surface area (Å²) in [6.45, 7) is 3.73. The summed E-state index contributed by atoms with van der Waals surface area (Å²) in [6, 6.07) is 9.80. The molecule has 1 fully saturated rings. The average Bonchev–Trinajstić information content (AvgIpc) is 2.59. The van der Waals surface area contributed by atoms with Gasteiger partial charge in [-0.15, -0.1) is 0 Å². The van der Waals surface area contributed by atoms with Crippen molar-refractivity contribution in [2.24, 2.45) is 0 Å². The summed E-state index contributed by atoms with van der Waals surface area (Å²) < 4.78 is 5.94. The summed E-state index contributed by atoms with van der Waals surface area (Å²) in [6.07, 6.45) is 1.44. The van der Waals surface area contributed by atoms with Crippen molar-refractivity contribution < 1.29 is 19.1 Å². The first-order valence-corrected chi connectivity index (χ1v) is 8.92. The minimum atomic E-state index is -0.763. The maximum Gasteiger partial charge on any atom is 0.335 e. The van der Waals surface area contributed by atoms with Gasteiger partial charge in [0.05, 0.1) is 12.8 Å². The number of rotatable bonds is 3. The van der Waals surface area contributed by atoms with Crippen LogP contribution in [0.3, 0.4) is 0 Å². The highest BCUT2D eigenvalue weighted by atomic mass is 79.9. The van der Waals surface area contributed by atoms with Crippen molar-refractivity contribution in [3.8, 4) is 5.75 Å². The Morgan fingerprint density at radius 1 is 1.07 bits per heavy atom. The smallest absolute Gasteiger partial charge is 0.335 e. The fourth-order valence-corrected chi connectivity index (χ4v) is 3.37. The number of carbonyl (C=O) groups excluding carboxylic acids is 3. The monoisotopic (exact) mass is 428 g/mol. The number of nitrogens with zero attached hydrogens (tertiary/aromatic N) is 1. The van der Waals surface area contributed by atoms with Crippen LogP contribution in [0.4, 0.5) is 10.5 Å². The second-order valence-electron chi connectivity index (χ2n) is 6.17. The van der Waals surface area contributed by atoms with Crippen LogP contribution >= 0.6 is 15.9 Å². The zero-order chi connectivity index (χ0) is 19.7. The maximum absolute atomic E-state index is 13.0. The van der Waals surface area contributed by atoms with E-state index in [0.717, 1.165) is 20.5 Å². The molecule has 2 aromatic rings. The molecule has 0 spiro atoms. The number of imide groups is 2. The molecule has 0 aromatic heterocycles. The predicted molar refractivity (Wildman–Crippen MR) is 106 cm³/mol. The van der Waals surface area contributed by atoms with Crippen LogP contribution in [-0.2, 0) is 9.59 Å². The molecule has 0 atom stereocenters. The molecule has 2 aromatic carbocycles. The number of urea groups is 1. The molecule has 0 aliphatic carbocycles. The zero-order valence-electron chi connectivity index (χ0n) is 15.0. The van der Waals surface area contributed by atoms with Gasteiger partial charge in [0.25, 0.3) is 11.8 Å². The van der Waals surface area contributed by atoms with Gasteiger partial charge in [-0.25, -0.2) is 9.69 Å². The van der Waals surface area contributed by atoms with Crippen molar-refractivity contribution in [2.45, 2.75) is 13.8 Å². The molecule has 27 heavy (non-hydrogen) atoms. The number of carbonyl (C=O) groups is 3. The molecule has 6 nitrogen and oxygen atoms in total. The SMILES string of the molecule is COc1cc(Br)cc(/C=C2\C(=O)NC(=O)N(c3ccc(C)cc3C)C2=O)c1. The van der Waals surface area contributed by atoms with Crippen LogP contribution in [0.5, 0.6) is 5.75 Å². The van der Waals surface area contributed by atoms with Crippen LogP contribution in [0.1, 0.15) is 16.7 Å². The fourth-order valence-electron chi connectivity index (χ4n) is 2.88. The summed E-state index contributed by atoms with van der Waals surface area (Å²) in [5.74, 6) is -0.832. The lowest BCUT2D eigenvalue weighted by atomic mass is 10.0. The van der Waals surface area contributed by atoms with E-state index in [-0.39, 0.29) is 5.57 Å². The first kappa shape index (κ1) is 18.8. The van der Waals surface area contributed by atoms with E-state index in [9.17, 15) is 14.4 Å². The predicted octanol–water partition coefficient (Wildman–Crippen LogP) is 3.74. The largest absolute Gasteiger partial charge is 0.497 e. The van der Waals surface area contributed by atoms with Crippen LogP contribution in [0.15, 0.2) is 46.4 Å². The Morgan fingerprint density at radius 3 is 2.48 bits per heavy atom. The number of anilines is 1. The molecule has 1 aliphatic rings. The summed E-state index contributed by atoms with van der Waals surface area (Å²) in [5.41, 5.74) is 2.67. The number of ether oxygens (including phenoxy) is 1. The molecule has 0 bridgehead atoms. The van der Waals surface area contributed by atoms with Crippen molar-refractivity contribution in [2.75, 3.05) is 12.0 Å². The number of barbiturate groups is 1. The highest BCUT2D eigenvalue weighted by molar-refractivity contribution is 9.10. The van der Waals surface area contributed by atoms with Crippen molar-refractivity contribution >= 4 is 45.5 Å². The second kappa shape index (κ2) is 7.36. The normalized spacial score (nSPS) is 15.9. The number of aryl methyl sites for hydroxylation is 2. The van der Waals surface area contributed by atoms with E-state index in [1.165, 1.54) is 13.2 Å². The van der Waals surface area contributed by atoms with Crippen molar-refractivity contribution in [3.05, 3.63) is 63.1 Å². The summed E-state index contributed by atoms with van der Waals surface area (Å²) in [4.78, 5) is 38.6. The molecule has 3 rings (SSSR count). The lowest BCUT2D eigenvalue weighted by Gasteiger charge is -2.27. The first-order chi connectivity index (χ1) is 12.8. The fraction of sp³-hybridized carbons (Fsp3) is 0.150. The van der Waals surface area contributed by atoms with Crippen LogP contribution < -0.4 is 15.0 Å². The number of hydrogen-bond acceptors (Lipinski definition) is 4. The molecule has 0 unspecified atom stereocenters. The number of amides is 4. The highest BCUT2D eigenvalue weighted by Gasteiger charge is 2.37. The quantitative estimate of drug-likeness (QED) is 0.596. The third-order valence-corrected chi connectivity index (χ3v) is 4.59. The van der Waals surface area contributed by atoms with Gasteiger partial charge in [0.1, 0.15) is 11.3 Å². The molecule has 1 heterocycles. The number of methoxy groups -OCH3 is 1. The zero-order valence-corrected chi connectivity index (χ0v) is 16.6. The molecular weight excluding hydrogens is 412 g/mol. The third kappa shape index (κ3) is 3.78. The Labute approximate surface area is 164 Å². The van der Waals surface area contributed by atoms with Crippen LogP contribution in [0.25, 0.3) is 6.08 Å². The van der Waals surface area contributed by atoms with Gasteiger partial charge in [0.2, 0.25) is 0 Å². The molecule has 138 valence electrons. The number of nitrogens with one attached hydrogen (secondary N) is 1. The Balaban J connectivity index is 2.06. The van der Waals surface area contributed by atoms with E-state index in [2.05, 4.69) is 21.2 Å². The first-order valence-electron chi connectivity index (χ1n) is 8.13. The molecule has 0 radical (unpaired) electrons. The Bertz CT molecular complexity index is 997. The van der Waals surface area contributed by atoms with Gasteiger partial charge < -0.3 is 4.74 Å². The topological polar surface area (TPSA) is 75.7 Å². The molecular formula is C20H17BrN2O4. The number of benzene rings is 2. The lowest BCUT2D eigenvalue weighted by molar-refractivity contribution is -0.122. The Hall–Kier alpha value is -2.93. The van der Waals surface area contributed by atoms with Gasteiger partial charge in [0, 0.05) is 4.47 Å². The van der Waals surface area contributed by atoms with E-state index >= 15 is 0 Å². The van der Waals surface area contributed by atoms with Gasteiger partial charge >= 0.3 is 6.03 Å². The van der Waals surface area contributed by atoms with Gasteiger partial charge in [-0.2, -0.15) is 0 Å². The highest BCUT2D eigenvalue weighted by Crippen LogP contribution is 2.27. The number of hydrogen-bond donors (Lipinski definition) is 1. The molecule has 4 amide bonds. The second-order valence-corrected chi connectivity index (χ2v) is 7.09. The molecule has 0 saturated carbocycles. The van der Waals surface area contributed by atoms with E-state index in [1.807, 2.05) is 26.0 Å². The van der Waals surface area contributed by atoms with Crippen molar-refractivity contribution in [3.63, 3.8) is 0 Å². The minimum Gasteiger partial charge on any atom is -0.497 e. The lowest BCUT2D eigenvalue weighted by Crippen LogP contribution is -2.54. The van der Waals surface area contributed by atoms with Gasteiger partial charge in [-0.3, -0.25) is 14.9 Å². The average molecular weight is 429 g/mol. The molecule has 1 N–H and O–H groups in total. The van der Waals surface area contributed by atoms with Crippen molar-refractivity contribution in [1.82, 2.24) is 5.32 Å². The standard InChI is InChI=1S/C20H17BrN2O4/c1-11-4-5-17(12(2)6-11)23-19(25)16(18(24)22-20(23)26)9-13-7-14(21)10-15(8-13)27-3/h4-10H,1-3H3,(H,22,24,26)/b16-9+. The maximum atomic E-state index is 13.0. The van der Waals surface area contributed by atoms with Crippen LogP contribution in [0, 0.1) is 13.8 Å². The summed E-state index contributed by atoms with van der Waals surface area (Å²) >= 11 is 3.36. The number of halogens is 1. The summed E-state index contributed by atoms with van der Waals surface area (Å²) in [7, 11) is 1.53. The summed E-state index contributed by atoms with van der Waals surface area (Å²) in [5, 5.41) is 2.23. The minimum absolute atomic E-state index is 0.130. The van der Waals surface area contributed by atoms with Crippen molar-refractivity contribution in [1.29, 1.82) is 0 Å².